The highest BCUT2D eigenvalue weighted by Gasteiger charge is 2.33. The third-order valence-electron chi connectivity index (χ3n) is 3.01. The van der Waals surface area contributed by atoms with Crippen LogP contribution in [0.3, 0.4) is 0 Å². The second-order valence-electron chi connectivity index (χ2n) is 4.35. The lowest BCUT2D eigenvalue weighted by molar-refractivity contribution is 0.0920. The number of hydrogen-bond donors (Lipinski definition) is 1. The average Bonchev–Trinajstić information content (AvgIpc) is 2.70. The molecular weight excluding hydrogens is 351 g/mol. The predicted molar refractivity (Wildman–Crippen MR) is 80.7 cm³/mol. The smallest absolute Gasteiger partial charge is 0.131 e. The minimum absolute atomic E-state index is 0.422. The van der Waals surface area contributed by atoms with Crippen LogP contribution in [0, 0.1) is 0 Å². The molecular formula is C13H13BrCl2N2O. The molecule has 0 amide bonds. The fourth-order valence-electron chi connectivity index (χ4n) is 2.10. The molecule has 1 aromatic carbocycles. The third-order valence-corrected chi connectivity index (χ3v) is 4.09. The van der Waals surface area contributed by atoms with Crippen LogP contribution < -0.4 is 0 Å². The van der Waals surface area contributed by atoms with Gasteiger partial charge in [0.25, 0.3) is 0 Å². The Morgan fingerprint density at radius 3 is 2.63 bits per heavy atom. The molecule has 6 heteroatoms. The molecule has 0 spiro atoms. The van der Waals surface area contributed by atoms with E-state index in [1.807, 2.05) is 13.0 Å². The summed E-state index contributed by atoms with van der Waals surface area (Å²) in [5, 5.41) is 15.9. The van der Waals surface area contributed by atoms with E-state index in [0.29, 0.717) is 27.8 Å². The molecule has 1 aromatic heterocycles. The van der Waals surface area contributed by atoms with Crippen molar-refractivity contribution in [2.45, 2.75) is 26.0 Å². The van der Waals surface area contributed by atoms with Gasteiger partial charge < -0.3 is 5.11 Å². The van der Waals surface area contributed by atoms with Gasteiger partial charge >= 0.3 is 0 Å². The van der Waals surface area contributed by atoms with Crippen molar-refractivity contribution in [3.8, 4) is 0 Å². The van der Waals surface area contributed by atoms with Gasteiger partial charge in [0.2, 0.25) is 0 Å². The third kappa shape index (κ3) is 2.68. The summed E-state index contributed by atoms with van der Waals surface area (Å²) in [5.74, 6) is 0. The number of hydrogen-bond acceptors (Lipinski definition) is 2. The highest BCUT2D eigenvalue weighted by atomic mass is 79.9. The van der Waals surface area contributed by atoms with Crippen molar-refractivity contribution in [3.05, 3.63) is 50.2 Å². The fourth-order valence-corrected chi connectivity index (χ4v) is 3.28. The monoisotopic (exact) mass is 362 g/mol. The molecule has 0 aliphatic carbocycles. The molecule has 0 saturated heterocycles. The molecule has 0 aliphatic heterocycles. The van der Waals surface area contributed by atoms with E-state index in [0.717, 1.165) is 4.47 Å². The summed E-state index contributed by atoms with van der Waals surface area (Å²) < 4.78 is 2.52. The van der Waals surface area contributed by atoms with Gasteiger partial charge in [0.05, 0.1) is 16.9 Å². The highest BCUT2D eigenvalue weighted by molar-refractivity contribution is 9.10. The Morgan fingerprint density at radius 1 is 1.37 bits per heavy atom. The first-order chi connectivity index (χ1) is 8.87. The average molecular weight is 364 g/mol. The van der Waals surface area contributed by atoms with Gasteiger partial charge in [-0.2, -0.15) is 5.10 Å². The van der Waals surface area contributed by atoms with Crippen LogP contribution in [-0.4, -0.2) is 14.9 Å². The van der Waals surface area contributed by atoms with Gasteiger partial charge in [-0.05, 0) is 26.0 Å². The highest BCUT2D eigenvalue weighted by Crippen LogP contribution is 2.38. The molecule has 2 aromatic rings. The molecule has 0 saturated carbocycles. The number of aliphatic hydroxyl groups is 1. The molecule has 3 nitrogen and oxygen atoms in total. The van der Waals surface area contributed by atoms with Crippen LogP contribution in [-0.2, 0) is 12.1 Å². The number of rotatable bonds is 3. The van der Waals surface area contributed by atoms with Crippen LogP contribution in [0.2, 0.25) is 10.0 Å². The number of halogens is 3. The summed E-state index contributed by atoms with van der Waals surface area (Å²) in [7, 11) is 0. The van der Waals surface area contributed by atoms with Crippen LogP contribution in [0.25, 0.3) is 0 Å². The molecule has 0 bridgehead atoms. The summed E-state index contributed by atoms with van der Waals surface area (Å²) in [5.41, 5.74) is -0.170. The minimum atomic E-state index is -1.30. The predicted octanol–water partition coefficient (Wildman–Crippen LogP) is 4.23. The summed E-state index contributed by atoms with van der Waals surface area (Å²) >= 11 is 15.7. The van der Waals surface area contributed by atoms with E-state index in [2.05, 4.69) is 21.0 Å². The van der Waals surface area contributed by atoms with E-state index in [-0.39, 0.29) is 0 Å². The second kappa shape index (κ2) is 5.44. The van der Waals surface area contributed by atoms with E-state index in [1.54, 1.807) is 23.7 Å². The zero-order chi connectivity index (χ0) is 14.2. The van der Waals surface area contributed by atoms with Gasteiger partial charge in [-0.3, -0.25) is 4.68 Å². The Morgan fingerprint density at radius 2 is 2.05 bits per heavy atom. The number of nitrogens with zero attached hydrogens (tertiary/aromatic N) is 2. The van der Waals surface area contributed by atoms with Crippen LogP contribution in [0.4, 0.5) is 0 Å². The Kier molecular flexibility index (Phi) is 4.26. The van der Waals surface area contributed by atoms with Gasteiger partial charge in [0, 0.05) is 21.6 Å². The van der Waals surface area contributed by atoms with Gasteiger partial charge in [-0.25, -0.2) is 0 Å². The van der Waals surface area contributed by atoms with Gasteiger partial charge in [-0.1, -0.05) is 45.2 Å². The quantitative estimate of drug-likeness (QED) is 0.886. The summed E-state index contributed by atoms with van der Waals surface area (Å²) in [6.07, 6.45) is 1.53. The number of benzene rings is 1. The maximum atomic E-state index is 10.9. The standard InChI is InChI=1S/C13H13BrCl2N2O/c1-3-18-12(11(16)7-17-18)13(2,19)9-5-4-8(14)6-10(9)15/h4-7,19H,3H2,1-2H3. The van der Waals surface area contributed by atoms with Crippen LogP contribution >= 0.6 is 39.1 Å². The Bertz CT molecular complexity index is 611. The molecule has 1 heterocycles. The molecule has 0 aliphatic rings. The first-order valence-electron chi connectivity index (χ1n) is 5.77. The van der Waals surface area contributed by atoms with E-state index in [4.69, 9.17) is 23.2 Å². The van der Waals surface area contributed by atoms with Crippen LogP contribution in [0.5, 0.6) is 0 Å². The van der Waals surface area contributed by atoms with Crippen LogP contribution in [0.1, 0.15) is 25.1 Å². The molecule has 1 unspecified atom stereocenters. The van der Waals surface area contributed by atoms with Gasteiger partial charge in [0.1, 0.15) is 5.60 Å². The van der Waals surface area contributed by atoms with Crippen molar-refractivity contribution >= 4 is 39.1 Å². The summed E-state index contributed by atoms with van der Waals surface area (Å²) in [4.78, 5) is 0. The zero-order valence-corrected chi connectivity index (χ0v) is 13.6. The lowest BCUT2D eigenvalue weighted by atomic mass is 9.92. The number of aromatic nitrogens is 2. The molecule has 19 heavy (non-hydrogen) atoms. The normalized spacial score (nSPS) is 14.4. The minimum Gasteiger partial charge on any atom is -0.379 e. The Balaban J connectivity index is 2.61. The summed E-state index contributed by atoms with van der Waals surface area (Å²) in [6.45, 7) is 4.22. The first kappa shape index (κ1) is 14.9. The van der Waals surface area contributed by atoms with E-state index < -0.39 is 5.60 Å². The largest absolute Gasteiger partial charge is 0.379 e. The second-order valence-corrected chi connectivity index (χ2v) is 6.08. The van der Waals surface area contributed by atoms with E-state index in [9.17, 15) is 5.11 Å². The van der Waals surface area contributed by atoms with Gasteiger partial charge in [-0.15, -0.1) is 0 Å². The zero-order valence-electron chi connectivity index (χ0n) is 10.5. The summed E-state index contributed by atoms with van der Waals surface area (Å²) in [6, 6.07) is 5.35. The van der Waals surface area contributed by atoms with Crippen molar-refractivity contribution in [3.63, 3.8) is 0 Å². The lowest BCUT2D eigenvalue weighted by Gasteiger charge is -2.26. The lowest BCUT2D eigenvalue weighted by Crippen LogP contribution is -2.27. The SMILES string of the molecule is CCn1ncc(Cl)c1C(C)(O)c1ccc(Br)cc1Cl. The number of aryl methyl sites for hydroxylation is 1. The molecule has 0 radical (unpaired) electrons. The maximum absolute atomic E-state index is 10.9. The van der Waals surface area contributed by atoms with Crippen LogP contribution in [0.15, 0.2) is 28.9 Å². The molecule has 102 valence electrons. The molecule has 2 rings (SSSR count). The van der Waals surface area contributed by atoms with E-state index in [1.165, 1.54) is 6.20 Å². The topological polar surface area (TPSA) is 38.0 Å². The van der Waals surface area contributed by atoms with Crippen molar-refractivity contribution in [1.82, 2.24) is 9.78 Å². The van der Waals surface area contributed by atoms with Crippen molar-refractivity contribution in [2.75, 3.05) is 0 Å². The Labute approximate surface area is 130 Å². The van der Waals surface area contributed by atoms with Crippen molar-refractivity contribution < 1.29 is 5.11 Å². The fraction of sp³-hybridized carbons (Fsp3) is 0.308. The molecule has 0 fully saturated rings. The molecule has 1 N–H and O–H groups in total. The van der Waals surface area contributed by atoms with E-state index >= 15 is 0 Å². The van der Waals surface area contributed by atoms with Crippen molar-refractivity contribution in [2.24, 2.45) is 0 Å². The maximum Gasteiger partial charge on any atom is 0.131 e. The van der Waals surface area contributed by atoms with Gasteiger partial charge in [0.15, 0.2) is 0 Å². The molecule has 1 atom stereocenters. The Hall–Kier alpha value is -0.550. The first-order valence-corrected chi connectivity index (χ1v) is 7.32. The van der Waals surface area contributed by atoms with Crippen molar-refractivity contribution in [1.29, 1.82) is 0 Å².